The molecule has 9 heteroatoms. The number of benzene rings is 1. The van der Waals surface area contributed by atoms with Gasteiger partial charge in [-0.25, -0.2) is 8.78 Å². The molecular weight excluding hydrogens is 406 g/mol. The number of rotatable bonds is 4. The zero-order valence-electron chi connectivity index (χ0n) is 18.8. The minimum absolute atomic E-state index is 0.0463. The SMILES string of the molecule is C#Cc1ccc(CNC=O)cc1.CC(C)(C)CC(=O)N1CCC(O)C1.CC(F)F.NN. The monoisotopic (exact) mass is 442 g/mol. The predicted molar refractivity (Wildman–Crippen MR) is 119 cm³/mol. The van der Waals surface area contributed by atoms with E-state index in [0.29, 0.717) is 25.9 Å². The minimum Gasteiger partial charge on any atom is -0.391 e. The van der Waals surface area contributed by atoms with Gasteiger partial charge in [0.05, 0.1) is 6.10 Å². The molecule has 31 heavy (non-hydrogen) atoms. The molecule has 1 unspecified atom stereocenters. The number of alkyl halides is 2. The third-order valence-corrected chi connectivity index (χ3v) is 3.71. The van der Waals surface area contributed by atoms with E-state index in [1.807, 2.05) is 24.3 Å². The molecule has 1 aromatic rings. The van der Waals surface area contributed by atoms with E-state index in [9.17, 15) is 23.5 Å². The fourth-order valence-corrected chi connectivity index (χ4v) is 2.41. The molecular formula is C22H36F2N4O3. The Kier molecular flexibility index (Phi) is 17.0. The van der Waals surface area contributed by atoms with Gasteiger partial charge in [-0.15, -0.1) is 6.42 Å². The molecule has 6 N–H and O–H groups in total. The first-order chi connectivity index (χ1) is 14.5. The highest BCUT2D eigenvalue weighted by atomic mass is 19.3. The van der Waals surface area contributed by atoms with Crippen LogP contribution in [0.25, 0.3) is 0 Å². The first-order valence-corrected chi connectivity index (χ1v) is 9.78. The van der Waals surface area contributed by atoms with Crippen LogP contribution in [0.2, 0.25) is 0 Å². The predicted octanol–water partition coefficient (Wildman–Crippen LogP) is 2.02. The van der Waals surface area contributed by atoms with E-state index < -0.39 is 6.43 Å². The van der Waals surface area contributed by atoms with Crippen molar-refractivity contribution in [3.63, 3.8) is 0 Å². The van der Waals surface area contributed by atoms with Crippen molar-refractivity contribution in [1.82, 2.24) is 10.2 Å². The van der Waals surface area contributed by atoms with Gasteiger partial charge in [-0.3, -0.25) is 21.3 Å². The van der Waals surface area contributed by atoms with Crippen LogP contribution in [0.3, 0.4) is 0 Å². The number of aliphatic hydroxyl groups is 1. The van der Waals surface area contributed by atoms with E-state index in [1.165, 1.54) is 0 Å². The van der Waals surface area contributed by atoms with Crippen molar-refractivity contribution in [3.8, 4) is 12.3 Å². The summed E-state index contributed by atoms with van der Waals surface area (Å²) < 4.78 is 20.7. The molecule has 2 rings (SSSR count). The van der Waals surface area contributed by atoms with Crippen LogP contribution in [-0.4, -0.2) is 47.9 Å². The molecule has 1 aromatic carbocycles. The lowest BCUT2D eigenvalue weighted by Crippen LogP contribution is -2.32. The van der Waals surface area contributed by atoms with E-state index in [4.69, 9.17) is 6.42 Å². The normalized spacial score (nSPS) is 14.6. The zero-order valence-corrected chi connectivity index (χ0v) is 18.8. The number of β-amino-alcohol motifs (C(OH)–C–C–N with tert-alkyl or cyclic N) is 1. The molecule has 2 amide bonds. The number of terminal acetylenes is 1. The summed E-state index contributed by atoms with van der Waals surface area (Å²) in [4.78, 5) is 23.3. The largest absolute Gasteiger partial charge is 0.391 e. The van der Waals surface area contributed by atoms with Crippen LogP contribution in [0.4, 0.5) is 8.78 Å². The number of nitrogens with one attached hydrogen (secondary N) is 1. The number of nitrogens with two attached hydrogens (primary N) is 2. The minimum atomic E-state index is -2.17. The summed E-state index contributed by atoms with van der Waals surface area (Å²) in [5.41, 5.74) is 1.94. The maximum absolute atomic E-state index is 11.6. The molecule has 0 aliphatic carbocycles. The number of halogens is 2. The molecule has 0 spiro atoms. The Bertz CT molecular complexity index is 653. The fraction of sp³-hybridized carbons (Fsp3) is 0.545. The van der Waals surface area contributed by atoms with Gasteiger partial charge in [-0.2, -0.15) is 0 Å². The molecule has 0 bridgehead atoms. The Balaban J connectivity index is 0. The van der Waals surface area contributed by atoms with Crippen molar-refractivity contribution in [2.75, 3.05) is 13.1 Å². The number of likely N-dealkylation sites (tertiary alicyclic amines) is 1. The number of carbonyl (C=O) groups is 2. The molecule has 0 saturated carbocycles. The topological polar surface area (TPSA) is 122 Å². The number of hydrogen-bond acceptors (Lipinski definition) is 5. The summed E-state index contributed by atoms with van der Waals surface area (Å²) >= 11 is 0. The van der Waals surface area contributed by atoms with Crippen molar-refractivity contribution in [2.24, 2.45) is 17.1 Å². The Labute approximate surface area is 184 Å². The fourth-order valence-electron chi connectivity index (χ4n) is 2.41. The lowest BCUT2D eigenvalue weighted by atomic mass is 9.92. The van der Waals surface area contributed by atoms with Gasteiger partial charge in [0.25, 0.3) is 0 Å². The van der Waals surface area contributed by atoms with Gasteiger partial charge in [0.1, 0.15) is 0 Å². The first kappa shape index (κ1) is 30.7. The van der Waals surface area contributed by atoms with E-state index in [0.717, 1.165) is 31.0 Å². The lowest BCUT2D eigenvalue weighted by molar-refractivity contribution is -0.132. The summed E-state index contributed by atoms with van der Waals surface area (Å²) in [6.45, 7) is 8.78. The van der Waals surface area contributed by atoms with Crippen LogP contribution in [0.1, 0.15) is 51.7 Å². The molecule has 1 fully saturated rings. The summed E-state index contributed by atoms with van der Waals surface area (Å²) in [5, 5.41) is 11.8. The molecule has 7 nitrogen and oxygen atoms in total. The van der Waals surface area contributed by atoms with Crippen molar-refractivity contribution in [3.05, 3.63) is 35.4 Å². The number of carbonyl (C=O) groups excluding carboxylic acids is 2. The molecule has 176 valence electrons. The summed E-state index contributed by atoms with van der Waals surface area (Å²) in [7, 11) is 0. The summed E-state index contributed by atoms with van der Waals surface area (Å²) in [5.74, 6) is 10.7. The van der Waals surface area contributed by atoms with Gasteiger partial charge in [0.2, 0.25) is 18.7 Å². The highest BCUT2D eigenvalue weighted by Crippen LogP contribution is 2.21. The number of hydrogen-bond donors (Lipinski definition) is 4. The molecule has 1 aliphatic heterocycles. The van der Waals surface area contributed by atoms with E-state index in [-0.39, 0.29) is 17.4 Å². The zero-order chi connectivity index (χ0) is 24.4. The number of hydrazine groups is 1. The van der Waals surface area contributed by atoms with Gasteiger partial charge in [-0.05, 0) is 36.5 Å². The quantitative estimate of drug-likeness (QED) is 0.246. The molecule has 1 aliphatic rings. The van der Waals surface area contributed by atoms with E-state index in [2.05, 4.69) is 43.7 Å². The van der Waals surface area contributed by atoms with Gasteiger partial charge in [0.15, 0.2) is 0 Å². The maximum Gasteiger partial charge on any atom is 0.235 e. The third-order valence-electron chi connectivity index (χ3n) is 3.71. The third kappa shape index (κ3) is 18.0. The molecule has 0 aromatic heterocycles. The van der Waals surface area contributed by atoms with Gasteiger partial charge in [-0.1, -0.05) is 38.8 Å². The van der Waals surface area contributed by atoms with Gasteiger partial charge < -0.3 is 15.3 Å². The summed E-state index contributed by atoms with van der Waals surface area (Å²) in [6, 6.07) is 7.49. The Morgan fingerprint density at radius 1 is 1.35 bits per heavy atom. The Morgan fingerprint density at radius 3 is 2.23 bits per heavy atom. The van der Waals surface area contributed by atoms with E-state index in [1.54, 1.807) is 4.90 Å². The highest BCUT2D eigenvalue weighted by Gasteiger charge is 2.27. The van der Waals surface area contributed by atoms with Crippen LogP contribution in [0.5, 0.6) is 0 Å². The van der Waals surface area contributed by atoms with Crippen molar-refractivity contribution < 1.29 is 23.5 Å². The van der Waals surface area contributed by atoms with Gasteiger partial charge >= 0.3 is 0 Å². The Hall–Kier alpha value is -2.54. The molecule has 0 radical (unpaired) electrons. The van der Waals surface area contributed by atoms with Crippen molar-refractivity contribution >= 4 is 12.3 Å². The summed E-state index contributed by atoms with van der Waals surface area (Å²) in [6.07, 6.45) is 4.69. The Morgan fingerprint density at radius 2 is 1.87 bits per heavy atom. The van der Waals surface area contributed by atoms with Crippen molar-refractivity contribution in [2.45, 2.75) is 59.6 Å². The molecule has 1 atom stereocenters. The van der Waals surface area contributed by atoms with Crippen LogP contribution >= 0.6 is 0 Å². The standard InChI is InChI=1S/C10H19NO2.C10H9NO.C2H4F2.H4N2/c1-10(2,3)6-9(13)11-5-4-8(12)7-11;1-2-9-3-5-10(6-4-9)7-11-8-12;1-2(3)4;1-2/h8,12H,4-7H2,1-3H3;1,3-6,8H,7H2,(H,11,12);2H,1H3;1-2H2. The molecule has 1 heterocycles. The number of amides is 2. The average molecular weight is 443 g/mol. The van der Waals surface area contributed by atoms with Gasteiger partial charge in [0, 0.05) is 31.6 Å². The second kappa shape index (κ2) is 17.2. The second-order valence-corrected chi connectivity index (χ2v) is 7.88. The lowest BCUT2D eigenvalue weighted by Gasteiger charge is -2.22. The van der Waals surface area contributed by atoms with Crippen molar-refractivity contribution in [1.29, 1.82) is 0 Å². The maximum atomic E-state index is 11.6. The van der Waals surface area contributed by atoms with Crippen LogP contribution < -0.4 is 17.0 Å². The second-order valence-electron chi connectivity index (χ2n) is 7.88. The van der Waals surface area contributed by atoms with Crippen LogP contribution in [-0.2, 0) is 16.1 Å². The first-order valence-electron chi connectivity index (χ1n) is 9.78. The number of nitrogens with zero attached hydrogens (tertiary/aromatic N) is 1. The van der Waals surface area contributed by atoms with E-state index >= 15 is 0 Å². The average Bonchev–Trinajstić information content (AvgIpc) is 3.14. The number of aliphatic hydroxyl groups excluding tert-OH is 1. The van der Waals surface area contributed by atoms with Crippen LogP contribution in [0, 0.1) is 17.8 Å². The van der Waals surface area contributed by atoms with Crippen LogP contribution in [0.15, 0.2) is 24.3 Å². The smallest absolute Gasteiger partial charge is 0.235 e. The molecule has 1 saturated heterocycles. The highest BCUT2D eigenvalue weighted by molar-refractivity contribution is 5.77.